The average Bonchev–Trinajstić information content (AvgIpc) is 1.60. The first kappa shape index (κ1) is 9.09. The van der Waals surface area contributed by atoms with Crippen LogP contribution in [0, 0.1) is 0 Å². The van der Waals surface area contributed by atoms with Crippen molar-refractivity contribution in [2.75, 3.05) is 0 Å². The molecule has 0 fully saturated rings. The zero-order valence-corrected chi connectivity index (χ0v) is 5.41. The molecule has 0 aromatic heterocycles. The zero-order chi connectivity index (χ0) is 8.36. The smallest absolute Gasteiger partial charge is 0.430 e. The number of carboxylic acid groups (broad SMARTS) is 1. The highest BCUT2D eigenvalue weighted by Gasteiger charge is 2.21. The molecule has 4 N–H and O–H groups in total. The Morgan fingerprint density at radius 3 is 1.80 bits per heavy atom. The highest BCUT2D eigenvalue weighted by atomic mass is 31.2. The SMILES string of the molecule is O=C(O)C(=O)NP(=O)(O)O. The van der Waals surface area contributed by atoms with E-state index in [0.29, 0.717) is 0 Å². The lowest BCUT2D eigenvalue weighted by Gasteiger charge is -2.00. The number of hydrogen-bond acceptors (Lipinski definition) is 3. The second-order valence-electron chi connectivity index (χ2n) is 1.29. The van der Waals surface area contributed by atoms with Crippen molar-refractivity contribution >= 4 is 19.6 Å². The molecule has 0 radical (unpaired) electrons. The maximum atomic E-state index is 9.96. The summed E-state index contributed by atoms with van der Waals surface area (Å²) in [6.45, 7) is 0. The van der Waals surface area contributed by atoms with Gasteiger partial charge in [-0.15, -0.1) is 0 Å². The van der Waals surface area contributed by atoms with Gasteiger partial charge in [0.05, 0.1) is 0 Å². The van der Waals surface area contributed by atoms with Gasteiger partial charge in [-0.2, -0.15) is 0 Å². The topological polar surface area (TPSA) is 124 Å². The molecule has 0 spiro atoms. The van der Waals surface area contributed by atoms with Crippen LogP contribution in [0.5, 0.6) is 0 Å². The van der Waals surface area contributed by atoms with Crippen molar-refractivity contribution in [1.82, 2.24) is 5.09 Å². The highest BCUT2D eigenvalue weighted by Crippen LogP contribution is 2.27. The molecule has 1 amide bonds. The standard InChI is InChI=1S/C2H4NO6P/c4-1(2(5)6)3-10(7,8)9/h(H,5,6)(H3,3,4,7,8,9). The summed E-state index contributed by atoms with van der Waals surface area (Å²) in [4.78, 5) is 35.5. The number of hydrogen-bond donors (Lipinski definition) is 4. The molecule has 0 saturated carbocycles. The van der Waals surface area contributed by atoms with Gasteiger partial charge in [0.1, 0.15) is 0 Å². The fraction of sp³-hybridized carbons (Fsp3) is 0. The Labute approximate surface area is 54.9 Å². The van der Waals surface area contributed by atoms with E-state index in [4.69, 9.17) is 14.9 Å². The van der Waals surface area contributed by atoms with Crippen molar-refractivity contribution in [3.05, 3.63) is 0 Å². The van der Waals surface area contributed by atoms with Crippen LogP contribution in [-0.2, 0) is 14.2 Å². The molecule has 0 atom stereocenters. The molecule has 0 bridgehead atoms. The average molecular weight is 169 g/mol. The summed E-state index contributed by atoms with van der Waals surface area (Å²) in [7, 11) is -4.76. The van der Waals surface area contributed by atoms with E-state index in [1.54, 1.807) is 0 Å². The third-order valence-corrected chi connectivity index (χ3v) is 0.936. The molecule has 0 rings (SSSR count). The second-order valence-corrected chi connectivity index (χ2v) is 2.60. The van der Waals surface area contributed by atoms with Crippen molar-refractivity contribution < 1.29 is 29.0 Å². The van der Waals surface area contributed by atoms with E-state index in [-0.39, 0.29) is 0 Å². The number of aliphatic carboxylic acids is 1. The molecule has 8 heteroatoms. The van der Waals surface area contributed by atoms with Crippen molar-refractivity contribution in [2.45, 2.75) is 0 Å². The van der Waals surface area contributed by atoms with E-state index in [2.05, 4.69) is 0 Å². The van der Waals surface area contributed by atoms with Crippen LogP contribution in [0.2, 0.25) is 0 Å². The lowest BCUT2D eigenvalue weighted by Crippen LogP contribution is -2.27. The summed E-state index contributed by atoms with van der Waals surface area (Å²) in [5.74, 6) is -3.67. The van der Waals surface area contributed by atoms with Crippen LogP contribution in [0.1, 0.15) is 0 Å². The third-order valence-electron chi connectivity index (χ3n) is 0.441. The van der Waals surface area contributed by atoms with Crippen LogP contribution in [0.15, 0.2) is 0 Å². The Morgan fingerprint density at radius 1 is 1.30 bits per heavy atom. The zero-order valence-electron chi connectivity index (χ0n) is 4.51. The predicted octanol–water partition coefficient (Wildman–Crippen LogP) is -1.72. The van der Waals surface area contributed by atoms with Gasteiger partial charge < -0.3 is 14.9 Å². The number of carbonyl (C=O) groups excluding carboxylic acids is 1. The van der Waals surface area contributed by atoms with Gasteiger partial charge in [-0.3, -0.25) is 9.88 Å². The first-order chi connectivity index (χ1) is 4.33. The number of rotatable bonds is 1. The van der Waals surface area contributed by atoms with Crippen LogP contribution in [-0.4, -0.2) is 26.8 Å². The third kappa shape index (κ3) is 4.02. The fourth-order valence-electron chi connectivity index (χ4n) is 0.180. The lowest BCUT2D eigenvalue weighted by atomic mass is 10.7. The van der Waals surface area contributed by atoms with Crippen LogP contribution >= 0.6 is 7.75 Å². The van der Waals surface area contributed by atoms with Gasteiger partial charge >= 0.3 is 19.6 Å². The molecule has 0 aliphatic rings. The van der Waals surface area contributed by atoms with Crippen molar-refractivity contribution in [3.63, 3.8) is 0 Å². The van der Waals surface area contributed by atoms with Crippen molar-refractivity contribution in [2.24, 2.45) is 0 Å². The molecule has 0 aromatic carbocycles. The van der Waals surface area contributed by atoms with Gasteiger partial charge in [-0.1, -0.05) is 0 Å². The van der Waals surface area contributed by atoms with Gasteiger partial charge in [-0.25, -0.2) is 9.36 Å². The van der Waals surface area contributed by atoms with Crippen LogP contribution in [0.3, 0.4) is 0 Å². The number of carboxylic acids is 1. The van der Waals surface area contributed by atoms with Crippen LogP contribution in [0.4, 0.5) is 0 Å². The molecule has 58 valence electrons. The van der Waals surface area contributed by atoms with Gasteiger partial charge in [-0.05, 0) is 0 Å². The summed E-state index contributed by atoms with van der Waals surface area (Å²) in [5.41, 5.74) is 0. The van der Waals surface area contributed by atoms with Crippen molar-refractivity contribution in [1.29, 1.82) is 0 Å². The predicted molar refractivity (Wildman–Crippen MR) is 27.8 cm³/mol. The summed E-state index contributed by atoms with van der Waals surface area (Å²) in [6.07, 6.45) is 0. The molecular formula is C2H4NO6P. The molecule has 0 unspecified atom stereocenters. The first-order valence-corrected chi connectivity index (χ1v) is 3.55. The molecule has 0 saturated heterocycles. The summed E-state index contributed by atoms with van der Waals surface area (Å²) < 4.78 is 9.85. The quantitative estimate of drug-likeness (QED) is 0.273. The molecule has 0 aliphatic carbocycles. The van der Waals surface area contributed by atoms with Crippen LogP contribution < -0.4 is 5.09 Å². The largest absolute Gasteiger partial charge is 0.474 e. The number of amides is 1. The van der Waals surface area contributed by atoms with E-state index in [9.17, 15) is 14.2 Å². The molecule has 0 aliphatic heterocycles. The van der Waals surface area contributed by atoms with Crippen LogP contribution in [0.25, 0.3) is 0 Å². The monoisotopic (exact) mass is 169 g/mol. The number of nitrogens with one attached hydrogen (secondary N) is 1. The summed E-state index contributed by atoms with van der Waals surface area (Å²) in [6, 6.07) is 0. The van der Waals surface area contributed by atoms with E-state index < -0.39 is 19.6 Å². The Hall–Kier alpha value is -0.910. The maximum Gasteiger partial charge on any atom is 0.430 e. The molecular weight excluding hydrogens is 165 g/mol. The molecule has 0 heterocycles. The fourth-order valence-corrected chi connectivity index (χ4v) is 0.540. The summed E-state index contributed by atoms with van der Waals surface area (Å²) >= 11 is 0. The molecule has 10 heavy (non-hydrogen) atoms. The van der Waals surface area contributed by atoms with Gasteiger partial charge in [0.25, 0.3) is 0 Å². The highest BCUT2D eigenvalue weighted by molar-refractivity contribution is 7.50. The Morgan fingerprint density at radius 2 is 1.70 bits per heavy atom. The first-order valence-electron chi connectivity index (χ1n) is 1.94. The normalized spacial score (nSPS) is 10.6. The van der Waals surface area contributed by atoms with E-state index >= 15 is 0 Å². The molecule has 7 nitrogen and oxygen atoms in total. The van der Waals surface area contributed by atoms with Crippen molar-refractivity contribution in [3.8, 4) is 0 Å². The van der Waals surface area contributed by atoms with E-state index in [0.717, 1.165) is 5.09 Å². The van der Waals surface area contributed by atoms with E-state index in [1.165, 1.54) is 0 Å². The minimum atomic E-state index is -4.76. The Bertz CT molecular complexity index is 204. The van der Waals surface area contributed by atoms with Gasteiger partial charge in [0, 0.05) is 0 Å². The van der Waals surface area contributed by atoms with Gasteiger partial charge in [0.2, 0.25) is 0 Å². The lowest BCUT2D eigenvalue weighted by molar-refractivity contribution is -0.149. The Balaban J connectivity index is 4.07. The second kappa shape index (κ2) is 2.78. The Kier molecular flexibility index (Phi) is 2.53. The maximum absolute atomic E-state index is 9.96. The number of carbonyl (C=O) groups is 2. The minimum Gasteiger partial charge on any atom is -0.474 e. The van der Waals surface area contributed by atoms with E-state index in [1.807, 2.05) is 0 Å². The minimum absolute atomic E-state index is 0.947. The molecule has 0 aromatic rings. The van der Waals surface area contributed by atoms with Gasteiger partial charge in [0.15, 0.2) is 0 Å². The summed E-state index contributed by atoms with van der Waals surface area (Å²) in [5, 5.41) is 8.74.